The number of aryl methyl sites for hydroxylation is 2. The minimum atomic E-state index is -0.0372. The van der Waals surface area contributed by atoms with Crippen LogP contribution >= 0.6 is 15.9 Å². The van der Waals surface area contributed by atoms with Crippen LogP contribution in [0.1, 0.15) is 11.6 Å². The van der Waals surface area contributed by atoms with Crippen molar-refractivity contribution in [1.29, 1.82) is 0 Å². The maximum atomic E-state index is 13.0. The van der Waals surface area contributed by atoms with Gasteiger partial charge in [0.15, 0.2) is 0 Å². The van der Waals surface area contributed by atoms with E-state index in [-0.39, 0.29) is 11.6 Å². The monoisotopic (exact) mass is 438 g/mol. The van der Waals surface area contributed by atoms with Gasteiger partial charge in [0.05, 0.1) is 31.1 Å². The molecule has 0 spiro atoms. The third-order valence-electron chi connectivity index (χ3n) is 5.27. The van der Waals surface area contributed by atoms with Gasteiger partial charge in [0.1, 0.15) is 5.52 Å². The summed E-state index contributed by atoms with van der Waals surface area (Å²) in [5.74, 6) is 0. The van der Waals surface area contributed by atoms with Crippen LogP contribution in [0, 0.1) is 6.92 Å². The number of rotatable bonds is 3. The highest BCUT2D eigenvalue weighted by Gasteiger charge is 2.23. The Kier molecular flexibility index (Phi) is 4.03. The summed E-state index contributed by atoms with van der Waals surface area (Å²) in [6.45, 7) is 3.43. The second-order valence-electron chi connectivity index (χ2n) is 7.26. The van der Waals surface area contributed by atoms with Crippen molar-refractivity contribution < 1.29 is 4.74 Å². The highest BCUT2D eigenvalue weighted by molar-refractivity contribution is 9.10. The quantitative estimate of drug-likeness (QED) is 0.488. The first-order valence-electron chi connectivity index (χ1n) is 9.13. The molecule has 0 amide bonds. The van der Waals surface area contributed by atoms with E-state index in [2.05, 4.69) is 46.2 Å². The van der Waals surface area contributed by atoms with E-state index in [4.69, 9.17) is 4.74 Å². The lowest BCUT2D eigenvalue weighted by Crippen LogP contribution is -2.30. The van der Waals surface area contributed by atoms with Crippen LogP contribution in [0.5, 0.6) is 0 Å². The average molecular weight is 439 g/mol. The molecule has 142 valence electrons. The normalized spacial score (nSPS) is 14.5. The van der Waals surface area contributed by atoms with E-state index in [0.29, 0.717) is 18.7 Å². The number of fused-ring (bicyclic) bond motifs is 1. The van der Waals surface area contributed by atoms with Gasteiger partial charge >= 0.3 is 0 Å². The summed E-state index contributed by atoms with van der Waals surface area (Å²) in [6.07, 6.45) is 5.70. The Bertz CT molecular complexity index is 1250. The molecule has 0 radical (unpaired) electrons. The van der Waals surface area contributed by atoms with Crippen molar-refractivity contribution in [3.8, 4) is 16.9 Å². The van der Waals surface area contributed by atoms with Crippen molar-refractivity contribution in [3.63, 3.8) is 0 Å². The molecule has 1 fully saturated rings. The predicted molar refractivity (Wildman–Crippen MR) is 112 cm³/mol. The van der Waals surface area contributed by atoms with Gasteiger partial charge in [0.2, 0.25) is 0 Å². The Hall–Kier alpha value is -2.64. The molecule has 4 aromatic rings. The number of hydrogen-bond donors (Lipinski definition) is 0. The lowest BCUT2D eigenvalue weighted by molar-refractivity contribution is -0.0286. The number of benzene rings is 1. The van der Waals surface area contributed by atoms with Crippen LogP contribution in [0.4, 0.5) is 0 Å². The zero-order chi connectivity index (χ0) is 19.4. The zero-order valence-corrected chi connectivity index (χ0v) is 17.2. The van der Waals surface area contributed by atoms with Gasteiger partial charge in [-0.2, -0.15) is 5.10 Å². The fourth-order valence-corrected chi connectivity index (χ4v) is 4.20. The van der Waals surface area contributed by atoms with Gasteiger partial charge in [-0.25, -0.2) is 0 Å². The van der Waals surface area contributed by atoms with Crippen LogP contribution in [0.25, 0.3) is 27.8 Å². The Morgan fingerprint density at radius 3 is 2.61 bits per heavy atom. The molecule has 4 heterocycles. The van der Waals surface area contributed by atoms with Crippen molar-refractivity contribution in [3.05, 3.63) is 69.3 Å². The first-order valence-corrected chi connectivity index (χ1v) is 9.92. The van der Waals surface area contributed by atoms with Crippen LogP contribution in [0.2, 0.25) is 0 Å². The van der Waals surface area contributed by atoms with Crippen LogP contribution in [-0.4, -0.2) is 32.1 Å². The summed E-state index contributed by atoms with van der Waals surface area (Å²) < 4.78 is 11.8. The van der Waals surface area contributed by atoms with Crippen molar-refractivity contribution in [1.82, 2.24) is 18.9 Å². The van der Waals surface area contributed by atoms with Crippen LogP contribution in [0.15, 0.2) is 58.2 Å². The van der Waals surface area contributed by atoms with Crippen molar-refractivity contribution >= 4 is 26.8 Å². The predicted octanol–water partition coefficient (Wildman–Crippen LogP) is 3.83. The molecule has 1 saturated heterocycles. The maximum absolute atomic E-state index is 13.0. The minimum absolute atomic E-state index is 0.0372. The van der Waals surface area contributed by atoms with E-state index in [1.807, 2.05) is 40.0 Å². The summed E-state index contributed by atoms with van der Waals surface area (Å²) in [5.41, 5.74) is 4.64. The number of pyridine rings is 1. The lowest BCUT2D eigenvalue weighted by atomic mass is 10.2. The van der Waals surface area contributed by atoms with Crippen LogP contribution < -0.4 is 5.56 Å². The highest BCUT2D eigenvalue weighted by atomic mass is 79.9. The van der Waals surface area contributed by atoms with Gasteiger partial charge < -0.3 is 13.9 Å². The second-order valence-corrected chi connectivity index (χ2v) is 8.11. The molecule has 7 heteroatoms. The van der Waals surface area contributed by atoms with Crippen molar-refractivity contribution in [2.45, 2.75) is 13.0 Å². The first-order chi connectivity index (χ1) is 13.5. The molecule has 1 aromatic carbocycles. The molecule has 6 nitrogen and oxygen atoms in total. The van der Waals surface area contributed by atoms with E-state index in [0.717, 1.165) is 26.8 Å². The van der Waals surface area contributed by atoms with E-state index in [9.17, 15) is 4.79 Å². The third kappa shape index (κ3) is 2.65. The average Bonchev–Trinajstić information content (AvgIpc) is 3.24. The number of hydrogen-bond acceptors (Lipinski definition) is 3. The van der Waals surface area contributed by atoms with Gasteiger partial charge in [-0.3, -0.25) is 9.48 Å². The Balaban J connectivity index is 1.80. The van der Waals surface area contributed by atoms with E-state index in [1.165, 1.54) is 5.56 Å². The lowest BCUT2D eigenvalue weighted by Gasteiger charge is -2.25. The molecule has 0 N–H and O–H groups in total. The first kappa shape index (κ1) is 17.5. The molecule has 5 rings (SSSR count). The summed E-state index contributed by atoms with van der Waals surface area (Å²) in [6, 6.07) is 10.5. The number of nitrogens with zero attached hydrogens (tertiary/aromatic N) is 4. The number of aromatic nitrogens is 4. The van der Waals surface area contributed by atoms with E-state index >= 15 is 0 Å². The molecule has 28 heavy (non-hydrogen) atoms. The standard InChI is InChI=1S/C21H19BrN4O2/c1-13-3-5-15(6-4-13)26-19(14-8-23-25(9-14)16-11-28-12-16)7-17-18(22)10-24(2)21(27)20(17)26/h3-10,16H,11-12H2,1-2H3. The fraction of sp³-hybridized carbons (Fsp3) is 0.238. The Labute approximate surface area is 170 Å². The maximum Gasteiger partial charge on any atom is 0.275 e. The SMILES string of the molecule is Cc1ccc(-n2c(-c3cnn(C4COC4)c3)cc3c(Br)cn(C)c(=O)c32)cc1. The number of halogens is 1. The molecular weight excluding hydrogens is 420 g/mol. The minimum Gasteiger partial charge on any atom is -0.377 e. The topological polar surface area (TPSA) is 54.0 Å². The summed E-state index contributed by atoms with van der Waals surface area (Å²) in [5, 5.41) is 5.41. The van der Waals surface area contributed by atoms with Crippen LogP contribution in [-0.2, 0) is 11.8 Å². The van der Waals surface area contributed by atoms with Gasteiger partial charge in [-0.05, 0) is 41.1 Å². The summed E-state index contributed by atoms with van der Waals surface area (Å²) in [4.78, 5) is 13.0. The van der Waals surface area contributed by atoms with Gasteiger partial charge in [0.25, 0.3) is 5.56 Å². The van der Waals surface area contributed by atoms with Crippen molar-refractivity contribution in [2.75, 3.05) is 13.2 Å². The largest absolute Gasteiger partial charge is 0.377 e. The molecule has 0 unspecified atom stereocenters. The van der Waals surface area contributed by atoms with Gasteiger partial charge in [0, 0.05) is 40.6 Å². The third-order valence-corrected chi connectivity index (χ3v) is 5.90. The molecule has 1 aliphatic rings. The zero-order valence-electron chi connectivity index (χ0n) is 15.6. The van der Waals surface area contributed by atoms with Gasteiger partial charge in [-0.1, -0.05) is 17.7 Å². The molecule has 0 aliphatic carbocycles. The van der Waals surface area contributed by atoms with Crippen LogP contribution in [0.3, 0.4) is 0 Å². The van der Waals surface area contributed by atoms with Crippen molar-refractivity contribution in [2.24, 2.45) is 7.05 Å². The summed E-state index contributed by atoms with van der Waals surface area (Å²) in [7, 11) is 1.77. The molecule has 3 aromatic heterocycles. The molecule has 1 aliphatic heterocycles. The Morgan fingerprint density at radius 2 is 1.93 bits per heavy atom. The Morgan fingerprint density at radius 1 is 1.18 bits per heavy atom. The molecule has 0 saturated carbocycles. The van der Waals surface area contributed by atoms with E-state index < -0.39 is 0 Å². The molecule has 0 atom stereocenters. The fourth-order valence-electron chi connectivity index (χ4n) is 3.59. The number of ether oxygens (including phenoxy) is 1. The van der Waals surface area contributed by atoms with E-state index in [1.54, 1.807) is 11.6 Å². The molecular formula is C21H19BrN4O2. The second kappa shape index (κ2) is 6.46. The smallest absolute Gasteiger partial charge is 0.275 e. The highest BCUT2D eigenvalue weighted by Crippen LogP contribution is 2.34. The summed E-state index contributed by atoms with van der Waals surface area (Å²) >= 11 is 3.62. The molecule has 0 bridgehead atoms. The van der Waals surface area contributed by atoms with Gasteiger partial charge in [-0.15, -0.1) is 0 Å².